The van der Waals surface area contributed by atoms with E-state index in [4.69, 9.17) is 9.47 Å². The summed E-state index contributed by atoms with van der Waals surface area (Å²) in [4.78, 5) is 38.5. The van der Waals surface area contributed by atoms with Crippen molar-refractivity contribution >= 4 is 18.0 Å². The number of carbonyl (C=O) groups is 3. The molecule has 34 heavy (non-hydrogen) atoms. The molecule has 182 valence electrons. The van der Waals surface area contributed by atoms with E-state index in [1.807, 2.05) is 36.4 Å². The molecule has 0 aromatic heterocycles. The van der Waals surface area contributed by atoms with Gasteiger partial charge >= 0.3 is 12.1 Å². The minimum Gasteiger partial charge on any atom is -0.480 e. The van der Waals surface area contributed by atoms with E-state index in [-0.39, 0.29) is 18.9 Å². The van der Waals surface area contributed by atoms with Gasteiger partial charge in [0.25, 0.3) is 0 Å². The normalized spacial score (nSPS) is 13.5. The van der Waals surface area contributed by atoms with Gasteiger partial charge in [-0.05, 0) is 48.9 Å². The van der Waals surface area contributed by atoms with E-state index in [0.717, 1.165) is 27.2 Å². The van der Waals surface area contributed by atoms with Crippen LogP contribution in [0.5, 0.6) is 0 Å². The van der Waals surface area contributed by atoms with E-state index in [0.29, 0.717) is 13.0 Å². The molecule has 0 saturated carbocycles. The first-order chi connectivity index (χ1) is 16.2. The highest BCUT2D eigenvalue weighted by atomic mass is 16.5. The molecule has 2 N–H and O–H groups in total. The van der Waals surface area contributed by atoms with E-state index in [1.165, 1.54) is 20.9 Å². The highest BCUT2D eigenvalue weighted by Crippen LogP contribution is 2.44. The first-order valence-electron chi connectivity index (χ1n) is 11.3. The van der Waals surface area contributed by atoms with Crippen LogP contribution < -0.4 is 5.32 Å². The van der Waals surface area contributed by atoms with Crippen molar-refractivity contribution in [2.45, 2.75) is 44.2 Å². The minimum atomic E-state index is -1.43. The maximum Gasteiger partial charge on any atom is 0.407 e. The number of hydrogen-bond donors (Lipinski definition) is 2. The van der Waals surface area contributed by atoms with Crippen molar-refractivity contribution in [3.8, 4) is 11.1 Å². The third-order valence-electron chi connectivity index (χ3n) is 6.47. The van der Waals surface area contributed by atoms with Crippen LogP contribution in [0.4, 0.5) is 4.79 Å². The van der Waals surface area contributed by atoms with Crippen molar-refractivity contribution in [2.24, 2.45) is 0 Å². The second-order valence-corrected chi connectivity index (χ2v) is 8.92. The lowest BCUT2D eigenvalue weighted by Gasteiger charge is -2.34. The number of methoxy groups -OCH3 is 1. The maximum absolute atomic E-state index is 13.1. The third-order valence-corrected chi connectivity index (χ3v) is 6.47. The summed E-state index contributed by atoms with van der Waals surface area (Å²) in [6.07, 6.45) is 0.0774. The van der Waals surface area contributed by atoms with Gasteiger partial charge in [-0.15, -0.1) is 0 Å². The number of alkyl carbamates (subject to hydrolysis) is 1. The van der Waals surface area contributed by atoms with Crippen LogP contribution in [0.15, 0.2) is 48.5 Å². The van der Waals surface area contributed by atoms with Gasteiger partial charge in [0.15, 0.2) is 0 Å². The second-order valence-electron chi connectivity index (χ2n) is 8.92. The highest BCUT2D eigenvalue weighted by Gasteiger charge is 2.38. The second kappa shape index (κ2) is 10.7. The van der Waals surface area contributed by atoms with Gasteiger partial charge in [0.05, 0.1) is 0 Å². The van der Waals surface area contributed by atoms with Gasteiger partial charge in [-0.3, -0.25) is 4.79 Å². The molecule has 3 rings (SSSR count). The van der Waals surface area contributed by atoms with Crippen LogP contribution >= 0.6 is 0 Å². The van der Waals surface area contributed by atoms with Gasteiger partial charge in [0.2, 0.25) is 5.91 Å². The number of hydrogen-bond acceptors (Lipinski definition) is 5. The van der Waals surface area contributed by atoms with Gasteiger partial charge in [-0.25, -0.2) is 9.59 Å². The molecule has 2 aromatic rings. The number of nitrogens with one attached hydrogen (secondary N) is 1. The molecule has 0 bridgehead atoms. The van der Waals surface area contributed by atoms with Gasteiger partial charge < -0.3 is 24.8 Å². The number of fused-ring (bicyclic) bond motifs is 3. The number of likely N-dealkylation sites (N-methyl/N-ethyl adjacent to an activating group) is 1. The lowest BCUT2D eigenvalue weighted by molar-refractivity contribution is -0.156. The number of carbonyl (C=O) groups excluding carboxylic acids is 2. The molecule has 0 aliphatic heterocycles. The zero-order valence-electron chi connectivity index (χ0n) is 20.0. The van der Waals surface area contributed by atoms with E-state index in [2.05, 4.69) is 17.4 Å². The number of nitrogens with zero attached hydrogens (tertiary/aromatic N) is 1. The topological polar surface area (TPSA) is 105 Å². The first kappa shape index (κ1) is 25.2. The highest BCUT2D eigenvalue weighted by molar-refractivity contribution is 5.90. The summed E-state index contributed by atoms with van der Waals surface area (Å²) in [5.74, 6) is -1.74. The zero-order valence-corrected chi connectivity index (χ0v) is 20.0. The Bertz CT molecular complexity index is 1010. The molecule has 0 saturated heterocycles. The zero-order chi connectivity index (χ0) is 24.9. The molecule has 0 spiro atoms. The molecular weight excluding hydrogens is 436 g/mol. The molecule has 0 radical (unpaired) electrons. The number of benzene rings is 2. The van der Waals surface area contributed by atoms with Crippen LogP contribution in [0.25, 0.3) is 11.1 Å². The molecule has 0 heterocycles. The molecule has 1 aliphatic carbocycles. The first-order valence-corrected chi connectivity index (χ1v) is 11.3. The van der Waals surface area contributed by atoms with Crippen LogP contribution in [0.1, 0.15) is 43.7 Å². The number of rotatable bonds is 10. The number of carboxylic acids is 1. The summed E-state index contributed by atoms with van der Waals surface area (Å²) in [6, 6.07) is 15.1. The number of amides is 2. The SMILES string of the molecule is COCCCC(NC(=O)OCC1c2ccccc2-c2ccccc21)C(=O)N(C)C(C)(C)C(=O)O. The van der Waals surface area contributed by atoms with E-state index in [9.17, 15) is 19.5 Å². The lowest BCUT2D eigenvalue weighted by Crippen LogP contribution is -2.57. The number of carboxylic acid groups (broad SMARTS) is 1. The van der Waals surface area contributed by atoms with Crippen molar-refractivity contribution in [2.75, 3.05) is 27.4 Å². The summed E-state index contributed by atoms with van der Waals surface area (Å²) in [5, 5.41) is 12.1. The Morgan fingerprint density at radius 3 is 2.15 bits per heavy atom. The van der Waals surface area contributed by atoms with Gasteiger partial charge in [0.1, 0.15) is 18.2 Å². The van der Waals surface area contributed by atoms with Crippen molar-refractivity contribution in [1.29, 1.82) is 0 Å². The third kappa shape index (κ3) is 5.22. The van der Waals surface area contributed by atoms with E-state index >= 15 is 0 Å². The summed E-state index contributed by atoms with van der Waals surface area (Å²) >= 11 is 0. The van der Waals surface area contributed by atoms with Crippen LogP contribution in [0.2, 0.25) is 0 Å². The summed E-state index contributed by atoms with van der Waals surface area (Å²) in [5.41, 5.74) is 2.99. The van der Waals surface area contributed by atoms with Crippen LogP contribution in [-0.2, 0) is 19.1 Å². The van der Waals surface area contributed by atoms with E-state index < -0.39 is 29.6 Å². The van der Waals surface area contributed by atoms with Gasteiger partial charge in [0, 0.05) is 26.7 Å². The molecule has 0 fully saturated rings. The largest absolute Gasteiger partial charge is 0.480 e. The Balaban J connectivity index is 1.70. The fourth-order valence-corrected chi connectivity index (χ4v) is 4.12. The summed E-state index contributed by atoms with van der Waals surface area (Å²) in [6.45, 7) is 3.40. The predicted octanol–water partition coefficient (Wildman–Crippen LogP) is 3.64. The fraction of sp³-hybridized carbons (Fsp3) is 0.423. The lowest BCUT2D eigenvalue weighted by atomic mass is 9.98. The average molecular weight is 469 g/mol. The molecule has 2 amide bonds. The Kier molecular flexibility index (Phi) is 7.94. The summed E-state index contributed by atoms with van der Waals surface area (Å²) < 4.78 is 10.6. The van der Waals surface area contributed by atoms with Gasteiger partial charge in [-0.1, -0.05) is 48.5 Å². The fourth-order valence-electron chi connectivity index (χ4n) is 4.12. The summed E-state index contributed by atoms with van der Waals surface area (Å²) in [7, 11) is 2.97. The Labute approximate surface area is 199 Å². The van der Waals surface area contributed by atoms with Crippen LogP contribution in [-0.4, -0.2) is 66.9 Å². The number of aliphatic carboxylic acids is 1. The molecular formula is C26H32N2O6. The standard InChI is InChI=1S/C26H32N2O6/c1-26(2,24(30)31)28(3)23(29)22(14-9-15-33-4)27-25(32)34-16-21-19-12-7-5-10-17(19)18-11-6-8-13-20(18)21/h5-8,10-13,21-22H,9,14-16H2,1-4H3,(H,27,32)(H,30,31). The van der Waals surface area contributed by atoms with Crippen LogP contribution in [0, 0.1) is 0 Å². The predicted molar refractivity (Wildman–Crippen MR) is 128 cm³/mol. The quantitative estimate of drug-likeness (QED) is 0.516. The molecule has 1 aliphatic rings. The van der Waals surface area contributed by atoms with E-state index in [1.54, 1.807) is 7.11 Å². The monoisotopic (exact) mass is 468 g/mol. The minimum absolute atomic E-state index is 0.102. The maximum atomic E-state index is 13.1. The Morgan fingerprint density at radius 2 is 1.62 bits per heavy atom. The average Bonchev–Trinajstić information content (AvgIpc) is 3.15. The van der Waals surface area contributed by atoms with Crippen molar-refractivity contribution in [3.05, 3.63) is 59.7 Å². The molecule has 1 unspecified atom stereocenters. The van der Waals surface area contributed by atoms with Crippen molar-refractivity contribution in [3.63, 3.8) is 0 Å². The van der Waals surface area contributed by atoms with Crippen molar-refractivity contribution < 1.29 is 29.0 Å². The van der Waals surface area contributed by atoms with Crippen LogP contribution in [0.3, 0.4) is 0 Å². The smallest absolute Gasteiger partial charge is 0.407 e. The Morgan fingerprint density at radius 1 is 1.06 bits per heavy atom. The van der Waals surface area contributed by atoms with Crippen molar-refractivity contribution in [1.82, 2.24) is 10.2 Å². The molecule has 8 heteroatoms. The van der Waals surface area contributed by atoms with Gasteiger partial charge in [-0.2, -0.15) is 0 Å². The molecule has 2 aromatic carbocycles. The molecule has 1 atom stereocenters. The molecule has 8 nitrogen and oxygen atoms in total. The number of ether oxygens (including phenoxy) is 2. The Hall–Kier alpha value is -3.39.